The number of benzene rings is 1. The van der Waals surface area contributed by atoms with Gasteiger partial charge in [-0.05, 0) is 37.3 Å². The average molecular weight is 348 g/mol. The molecule has 0 aliphatic rings. The first-order valence-corrected chi connectivity index (χ1v) is 9.21. The molecule has 0 aromatic heterocycles. The number of hydrogen-bond acceptors (Lipinski definition) is 3. The van der Waals surface area contributed by atoms with Gasteiger partial charge in [0.2, 0.25) is 11.8 Å². The van der Waals surface area contributed by atoms with Gasteiger partial charge in [-0.15, -0.1) is 0 Å². The third-order valence-electron chi connectivity index (χ3n) is 3.92. The van der Waals surface area contributed by atoms with Crippen LogP contribution in [-0.4, -0.2) is 30.9 Å². The van der Waals surface area contributed by atoms with Crippen molar-refractivity contribution < 1.29 is 9.59 Å². The Hall–Kier alpha value is -1.88. The molecular weight excluding hydrogens is 314 g/mol. The molecule has 0 spiro atoms. The molecule has 0 aliphatic carbocycles. The second-order valence-electron chi connectivity index (χ2n) is 7.09. The van der Waals surface area contributed by atoms with Crippen LogP contribution in [0.4, 0.5) is 0 Å². The van der Waals surface area contributed by atoms with E-state index < -0.39 is 0 Å². The van der Waals surface area contributed by atoms with Crippen molar-refractivity contribution in [3.63, 3.8) is 0 Å². The van der Waals surface area contributed by atoms with E-state index in [0.717, 1.165) is 12.8 Å². The zero-order valence-corrected chi connectivity index (χ0v) is 16.2. The van der Waals surface area contributed by atoms with Crippen LogP contribution in [0, 0.1) is 5.92 Å². The van der Waals surface area contributed by atoms with Gasteiger partial charge in [-0.2, -0.15) is 0 Å². The smallest absolute Gasteiger partial charge is 0.239 e. The summed E-state index contributed by atoms with van der Waals surface area (Å²) >= 11 is 0. The minimum atomic E-state index is -0.174. The maximum atomic E-state index is 12.0. The van der Waals surface area contributed by atoms with Crippen LogP contribution in [0.3, 0.4) is 0 Å². The zero-order chi connectivity index (χ0) is 18.8. The first-order valence-electron chi connectivity index (χ1n) is 9.21. The highest BCUT2D eigenvalue weighted by Crippen LogP contribution is 2.22. The highest BCUT2D eigenvalue weighted by molar-refractivity contribution is 5.85. The van der Waals surface area contributed by atoms with Crippen molar-refractivity contribution in [3.05, 3.63) is 35.4 Å². The summed E-state index contributed by atoms with van der Waals surface area (Å²) in [7, 11) is 0. The van der Waals surface area contributed by atoms with E-state index in [1.807, 2.05) is 13.8 Å². The molecule has 0 unspecified atom stereocenters. The second kappa shape index (κ2) is 10.9. The summed E-state index contributed by atoms with van der Waals surface area (Å²) in [5.41, 5.74) is 2.52. The zero-order valence-electron chi connectivity index (χ0n) is 16.2. The first kappa shape index (κ1) is 21.2. The van der Waals surface area contributed by atoms with Crippen LogP contribution >= 0.6 is 0 Å². The molecule has 0 saturated carbocycles. The van der Waals surface area contributed by atoms with Crippen LogP contribution in [0.1, 0.15) is 58.2 Å². The van der Waals surface area contributed by atoms with Gasteiger partial charge in [0.05, 0.1) is 13.1 Å². The quantitative estimate of drug-likeness (QED) is 0.609. The fraction of sp³-hybridized carbons (Fsp3) is 0.600. The highest BCUT2D eigenvalue weighted by Gasteiger charge is 2.17. The lowest BCUT2D eigenvalue weighted by Crippen LogP contribution is -2.43. The Morgan fingerprint density at radius 2 is 1.60 bits per heavy atom. The monoisotopic (exact) mass is 347 g/mol. The summed E-state index contributed by atoms with van der Waals surface area (Å²) in [6.45, 7) is 10.4. The molecule has 1 aromatic carbocycles. The maximum absolute atomic E-state index is 12.0. The van der Waals surface area contributed by atoms with Crippen molar-refractivity contribution in [2.24, 2.45) is 5.92 Å². The summed E-state index contributed by atoms with van der Waals surface area (Å²) in [5, 5.41) is 8.70. The van der Waals surface area contributed by atoms with E-state index in [1.54, 1.807) is 0 Å². The molecular formula is C20H33N3O2. The van der Waals surface area contributed by atoms with Gasteiger partial charge in [-0.3, -0.25) is 9.59 Å². The molecule has 0 aliphatic heterocycles. The average Bonchev–Trinajstić information content (AvgIpc) is 2.54. The van der Waals surface area contributed by atoms with E-state index in [0.29, 0.717) is 5.92 Å². The summed E-state index contributed by atoms with van der Waals surface area (Å²) in [6.07, 6.45) is 2.22. The van der Waals surface area contributed by atoms with Crippen molar-refractivity contribution in [2.75, 3.05) is 13.1 Å². The fourth-order valence-electron chi connectivity index (χ4n) is 2.74. The molecule has 0 bridgehead atoms. The molecule has 2 amide bonds. The Kier molecular flexibility index (Phi) is 9.21. The van der Waals surface area contributed by atoms with Crippen molar-refractivity contribution in [1.82, 2.24) is 16.0 Å². The molecule has 0 radical (unpaired) electrons. The Balaban J connectivity index is 2.52. The van der Waals surface area contributed by atoms with Crippen LogP contribution in [0.15, 0.2) is 24.3 Å². The molecule has 0 saturated heterocycles. The molecule has 5 nitrogen and oxygen atoms in total. The molecule has 0 heterocycles. The van der Waals surface area contributed by atoms with Crippen molar-refractivity contribution in [1.29, 1.82) is 0 Å². The summed E-state index contributed by atoms with van der Waals surface area (Å²) in [6, 6.07) is 8.76. The lowest BCUT2D eigenvalue weighted by molar-refractivity contribution is -0.126. The number of carbonyl (C=O) groups excluding carboxylic acids is 2. The van der Waals surface area contributed by atoms with Crippen molar-refractivity contribution in [2.45, 2.75) is 59.5 Å². The van der Waals surface area contributed by atoms with E-state index in [4.69, 9.17) is 0 Å². The number of aryl methyl sites for hydroxylation is 1. The highest BCUT2D eigenvalue weighted by atomic mass is 16.2. The van der Waals surface area contributed by atoms with Crippen LogP contribution in [0.2, 0.25) is 0 Å². The van der Waals surface area contributed by atoms with Gasteiger partial charge in [0, 0.05) is 12.1 Å². The normalized spacial score (nSPS) is 12.3. The van der Waals surface area contributed by atoms with Gasteiger partial charge >= 0.3 is 0 Å². The minimum Gasteiger partial charge on any atom is -0.352 e. The van der Waals surface area contributed by atoms with E-state index in [9.17, 15) is 9.59 Å². The van der Waals surface area contributed by atoms with Crippen LogP contribution in [0.5, 0.6) is 0 Å². The van der Waals surface area contributed by atoms with Crippen LogP contribution < -0.4 is 16.0 Å². The van der Waals surface area contributed by atoms with Gasteiger partial charge in [0.1, 0.15) is 0 Å². The minimum absolute atomic E-state index is 0.0107. The molecule has 1 atom stereocenters. The van der Waals surface area contributed by atoms with Crippen molar-refractivity contribution >= 4 is 11.8 Å². The van der Waals surface area contributed by atoms with Crippen molar-refractivity contribution in [3.8, 4) is 0 Å². The van der Waals surface area contributed by atoms with Crippen LogP contribution in [-0.2, 0) is 16.0 Å². The van der Waals surface area contributed by atoms with E-state index in [2.05, 4.69) is 61.0 Å². The third kappa shape index (κ3) is 8.16. The summed E-state index contributed by atoms with van der Waals surface area (Å²) in [5.74, 6) is 0.0106. The molecule has 1 aromatic rings. The second-order valence-corrected chi connectivity index (χ2v) is 7.09. The SMILES string of the molecule is CCCc1ccc([C@@H](NCC(=O)NCC(=O)NC(C)C)C(C)C)cc1. The molecule has 1 rings (SSSR count). The maximum Gasteiger partial charge on any atom is 0.239 e. The van der Waals surface area contributed by atoms with Gasteiger partial charge < -0.3 is 16.0 Å². The van der Waals surface area contributed by atoms with E-state index in [1.165, 1.54) is 11.1 Å². The molecule has 0 fully saturated rings. The van der Waals surface area contributed by atoms with Crippen LogP contribution in [0.25, 0.3) is 0 Å². The number of amides is 2. The number of nitrogens with one attached hydrogen (secondary N) is 3. The summed E-state index contributed by atoms with van der Waals surface area (Å²) < 4.78 is 0. The Bertz CT molecular complexity index is 538. The Morgan fingerprint density at radius 3 is 2.12 bits per heavy atom. The Morgan fingerprint density at radius 1 is 0.960 bits per heavy atom. The molecule has 3 N–H and O–H groups in total. The number of rotatable bonds is 10. The standard InChI is InChI=1S/C20H33N3O2/c1-6-7-16-8-10-17(11-9-16)20(14(2)3)22-12-18(24)21-13-19(25)23-15(4)5/h8-11,14-15,20,22H,6-7,12-13H2,1-5H3,(H,21,24)(H,23,25)/t20-/m0/s1. The van der Waals surface area contributed by atoms with Gasteiger partial charge in [0.15, 0.2) is 0 Å². The van der Waals surface area contributed by atoms with E-state index in [-0.39, 0.29) is 37.0 Å². The van der Waals surface area contributed by atoms with Gasteiger partial charge in [-0.1, -0.05) is 51.5 Å². The van der Waals surface area contributed by atoms with Gasteiger partial charge in [-0.25, -0.2) is 0 Å². The number of hydrogen-bond donors (Lipinski definition) is 3. The van der Waals surface area contributed by atoms with E-state index >= 15 is 0 Å². The predicted octanol–water partition coefficient (Wildman–Crippen LogP) is 2.57. The molecule has 5 heteroatoms. The predicted molar refractivity (Wildman–Crippen MR) is 102 cm³/mol. The topological polar surface area (TPSA) is 70.2 Å². The fourth-order valence-corrected chi connectivity index (χ4v) is 2.74. The molecule has 25 heavy (non-hydrogen) atoms. The van der Waals surface area contributed by atoms with Gasteiger partial charge in [0.25, 0.3) is 0 Å². The first-order chi connectivity index (χ1) is 11.8. The summed E-state index contributed by atoms with van der Waals surface area (Å²) in [4.78, 5) is 23.5. The number of carbonyl (C=O) groups is 2. The third-order valence-corrected chi connectivity index (χ3v) is 3.92. The molecule has 140 valence electrons. The lowest BCUT2D eigenvalue weighted by atomic mass is 9.94. The largest absolute Gasteiger partial charge is 0.352 e. The lowest BCUT2D eigenvalue weighted by Gasteiger charge is -2.23. The Labute approximate surface area is 152 Å².